The number of hydrogen-bond acceptors (Lipinski definition) is 3. The summed E-state index contributed by atoms with van der Waals surface area (Å²) < 4.78 is 67.5. The number of nitrogens with zero attached hydrogens (tertiary/aromatic N) is 1. The van der Waals surface area contributed by atoms with Gasteiger partial charge in [0.05, 0.1) is 11.4 Å². The summed E-state index contributed by atoms with van der Waals surface area (Å²) in [6, 6.07) is 8.04. The fraction of sp³-hybridized carbons (Fsp3) is 0.294. The number of rotatable bonds is 4. The minimum atomic E-state index is -4.40. The molecule has 1 aliphatic heterocycles. The van der Waals surface area contributed by atoms with Gasteiger partial charge in [-0.15, -0.1) is 0 Å². The zero-order valence-electron chi connectivity index (χ0n) is 13.3. The van der Waals surface area contributed by atoms with Gasteiger partial charge >= 0.3 is 0 Å². The number of para-hydroxylation sites is 2. The molecular weight excluding hydrogens is 353 g/mol. The summed E-state index contributed by atoms with van der Waals surface area (Å²) in [6.45, 7) is 1.58. The molecule has 1 N–H and O–H groups in total. The topological polar surface area (TPSA) is 49.4 Å². The molecule has 0 bridgehead atoms. The molecule has 0 aliphatic carbocycles. The molecule has 1 fully saturated rings. The molecule has 0 saturated carbocycles. The summed E-state index contributed by atoms with van der Waals surface area (Å²) in [5.41, 5.74) is 0.947. The van der Waals surface area contributed by atoms with Crippen molar-refractivity contribution in [1.82, 2.24) is 0 Å². The van der Waals surface area contributed by atoms with Gasteiger partial charge in [0.15, 0.2) is 17.5 Å². The van der Waals surface area contributed by atoms with Crippen LogP contribution in [0.1, 0.15) is 19.3 Å². The molecule has 1 heterocycles. The lowest BCUT2D eigenvalue weighted by Gasteiger charge is -2.30. The van der Waals surface area contributed by atoms with E-state index in [-0.39, 0.29) is 5.69 Å². The first-order valence-corrected chi connectivity index (χ1v) is 9.39. The average molecular weight is 370 g/mol. The van der Waals surface area contributed by atoms with Crippen molar-refractivity contribution in [2.75, 3.05) is 22.7 Å². The summed E-state index contributed by atoms with van der Waals surface area (Å²) >= 11 is 0. The second kappa shape index (κ2) is 6.95. The molecule has 0 amide bonds. The van der Waals surface area contributed by atoms with Crippen LogP contribution in [0.5, 0.6) is 0 Å². The Balaban J connectivity index is 1.96. The Kier molecular flexibility index (Phi) is 4.89. The zero-order valence-corrected chi connectivity index (χ0v) is 14.1. The molecule has 25 heavy (non-hydrogen) atoms. The van der Waals surface area contributed by atoms with Crippen LogP contribution in [-0.2, 0) is 10.0 Å². The van der Waals surface area contributed by atoms with Crippen LogP contribution >= 0.6 is 0 Å². The first kappa shape index (κ1) is 17.6. The van der Waals surface area contributed by atoms with E-state index in [9.17, 15) is 21.6 Å². The molecule has 0 atom stereocenters. The van der Waals surface area contributed by atoms with Gasteiger partial charge in [-0.25, -0.2) is 21.6 Å². The molecular formula is C17H17F3N2O2S. The van der Waals surface area contributed by atoms with Crippen molar-refractivity contribution in [2.45, 2.75) is 24.2 Å². The molecule has 0 aromatic heterocycles. The van der Waals surface area contributed by atoms with Crippen LogP contribution in [0.4, 0.5) is 24.5 Å². The first-order chi connectivity index (χ1) is 11.9. The summed E-state index contributed by atoms with van der Waals surface area (Å²) in [5, 5.41) is 0. The van der Waals surface area contributed by atoms with Crippen LogP contribution in [0.3, 0.4) is 0 Å². The first-order valence-electron chi connectivity index (χ1n) is 7.90. The number of nitrogens with one attached hydrogen (secondary N) is 1. The summed E-state index contributed by atoms with van der Waals surface area (Å²) in [7, 11) is -4.40. The van der Waals surface area contributed by atoms with Gasteiger partial charge < -0.3 is 4.90 Å². The van der Waals surface area contributed by atoms with E-state index in [0.29, 0.717) is 17.8 Å². The third-order valence-electron chi connectivity index (χ3n) is 4.13. The number of hydrogen-bond donors (Lipinski definition) is 1. The van der Waals surface area contributed by atoms with E-state index in [1.807, 2.05) is 4.90 Å². The second-order valence-electron chi connectivity index (χ2n) is 5.84. The summed E-state index contributed by atoms with van der Waals surface area (Å²) in [5.74, 6) is -4.99. The fourth-order valence-electron chi connectivity index (χ4n) is 2.89. The van der Waals surface area contributed by atoms with Crippen molar-refractivity contribution in [3.8, 4) is 0 Å². The molecule has 0 unspecified atom stereocenters. The van der Waals surface area contributed by atoms with Crippen LogP contribution in [0, 0.1) is 17.5 Å². The van der Waals surface area contributed by atoms with Gasteiger partial charge in [-0.2, -0.15) is 0 Å². The number of anilines is 2. The van der Waals surface area contributed by atoms with Crippen LogP contribution < -0.4 is 9.62 Å². The zero-order chi connectivity index (χ0) is 18.0. The maximum Gasteiger partial charge on any atom is 0.265 e. The highest BCUT2D eigenvalue weighted by Crippen LogP contribution is 2.31. The maximum atomic E-state index is 13.9. The molecule has 4 nitrogen and oxygen atoms in total. The molecule has 1 aliphatic rings. The Morgan fingerprint density at radius 3 is 2.28 bits per heavy atom. The second-order valence-corrected chi connectivity index (χ2v) is 7.49. The van der Waals surface area contributed by atoms with E-state index in [1.54, 1.807) is 24.3 Å². The Labute approximate surface area is 144 Å². The maximum absolute atomic E-state index is 13.9. The van der Waals surface area contributed by atoms with Gasteiger partial charge in [0.25, 0.3) is 10.0 Å². The molecule has 2 aromatic rings. The number of sulfonamides is 1. The highest BCUT2D eigenvalue weighted by atomic mass is 32.2. The minimum absolute atomic E-state index is 0.272. The van der Waals surface area contributed by atoms with Crippen molar-refractivity contribution in [1.29, 1.82) is 0 Å². The number of piperidine rings is 1. The van der Waals surface area contributed by atoms with Crippen LogP contribution in [0.2, 0.25) is 0 Å². The van der Waals surface area contributed by atoms with Crippen LogP contribution in [0.15, 0.2) is 41.3 Å². The van der Waals surface area contributed by atoms with Crippen molar-refractivity contribution in [2.24, 2.45) is 0 Å². The smallest absolute Gasteiger partial charge is 0.265 e. The Bertz CT molecular complexity index is 881. The average Bonchev–Trinajstić information content (AvgIpc) is 2.60. The number of halogens is 3. The van der Waals surface area contributed by atoms with Gasteiger partial charge in [-0.05, 0) is 43.5 Å². The largest absolute Gasteiger partial charge is 0.370 e. The molecule has 0 spiro atoms. The number of benzene rings is 2. The summed E-state index contributed by atoms with van der Waals surface area (Å²) in [4.78, 5) is 1.11. The Morgan fingerprint density at radius 1 is 0.880 bits per heavy atom. The highest BCUT2D eigenvalue weighted by Gasteiger charge is 2.25. The quantitative estimate of drug-likeness (QED) is 0.831. The molecule has 134 valence electrons. The normalized spacial score (nSPS) is 15.2. The fourth-order valence-corrected chi connectivity index (χ4v) is 4.03. The lowest BCUT2D eigenvalue weighted by molar-refractivity contribution is 0.432. The molecule has 1 saturated heterocycles. The molecule has 3 rings (SSSR count). The van der Waals surface area contributed by atoms with Gasteiger partial charge in [0.1, 0.15) is 4.90 Å². The Morgan fingerprint density at radius 2 is 1.56 bits per heavy atom. The Hall–Kier alpha value is -2.22. The van der Waals surface area contributed by atoms with Crippen molar-refractivity contribution in [3.63, 3.8) is 0 Å². The van der Waals surface area contributed by atoms with E-state index in [4.69, 9.17) is 0 Å². The highest BCUT2D eigenvalue weighted by molar-refractivity contribution is 7.92. The van der Waals surface area contributed by atoms with E-state index in [0.717, 1.165) is 32.4 Å². The lowest BCUT2D eigenvalue weighted by atomic mass is 10.1. The predicted octanol–water partition coefficient (Wildman–Crippen LogP) is 3.90. The third kappa shape index (κ3) is 3.58. The standard InChI is InChI=1S/C17H17F3N2O2S/c18-12-8-9-15(17(20)16(12)19)25(23,24)21-13-6-2-3-7-14(13)22-10-4-1-5-11-22/h2-3,6-9,21H,1,4-5,10-11H2. The van der Waals surface area contributed by atoms with Crippen molar-refractivity contribution < 1.29 is 21.6 Å². The van der Waals surface area contributed by atoms with E-state index >= 15 is 0 Å². The van der Waals surface area contributed by atoms with E-state index < -0.39 is 32.4 Å². The summed E-state index contributed by atoms with van der Waals surface area (Å²) in [6.07, 6.45) is 3.11. The SMILES string of the molecule is O=S(=O)(Nc1ccccc1N1CCCCC1)c1ccc(F)c(F)c1F. The van der Waals surface area contributed by atoms with Crippen LogP contribution in [0.25, 0.3) is 0 Å². The third-order valence-corrected chi connectivity index (χ3v) is 5.52. The molecule has 2 aromatic carbocycles. The van der Waals surface area contributed by atoms with E-state index in [2.05, 4.69) is 4.72 Å². The van der Waals surface area contributed by atoms with E-state index in [1.165, 1.54) is 0 Å². The van der Waals surface area contributed by atoms with Gasteiger partial charge in [-0.3, -0.25) is 4.72 Å². The van der Waals surface area contributed by atoms with Crippen LogP contribution in [-0.4, -0.2) is 21.5 Å². The lowest BCUT2D eigenvalue weighted by Crippen LogP contribution is -2.30. The van der Waals surface area contributed by atoms with Gasteiger partial charge in [-0.1, -0.05) is 12.1 Å². The van der Waals surface area contributed by atoms with Crippen molar-refractivity contribution >= 4 is 21.4 Å². The molecule has 0 radical (unpaired) electrons. The van der Waals surface area contributed by atoms with Gasteiger partial charge in [0, 0.05) is 13.1 Å². The monoisotopic (exact) mass is 370 g/mol. The van der Waals surface area contributed by atoms with Crippen molar-refractivity contribution in [3.05, 3.63) is 53.8 Å². The minimum Gasteiger partial charge on any atom is -0.370 e. The molecule has 8 heteroatoms. The predicted molar refractivity (Wildman–Crippen MR) is 89.6 cm³/mol. The van der Waals surface area contributed by atoms with Gasteiger partial charge in [0.2, 0.25) is 0 Å².